The van der Waals surface area contributed by atoms with E-state index in [4.69, 9.17) is 5.73 Å². The van der Waals surface area contributed by atoms with Crippen LogP contribution in [-0.2, 0) is 0 Å². The lowest BCUT2D eigenvalue weighted by atomic mass is 10.1. The van der Waals surface area contributed by atoms with Gasteiger partial charge in [-0.1, -0.05) is 13.8 Å². The molecule has 1 saturated carbocycles. The molecule has 18 heavy (non-hydrogen) atoms. The van der Waals surface area contributed by atoms with E-state index in [0.717, 1.165) is 30.0 Å². The number of aliphatic hydroxyl groups excluding tert-OH is 1. The first-order chi connectivity index (χ1) is 8.49. The Morgan fingerprint density at radius 1 is 1.39 bits per heavy atom. The molecular formula is C13H22N4O. The highest BCUT2D eigenvalue weighted by Gasteiger charge is 2.28. The van der Waals surface area contributed by atoms with E-state index < -0.39 is 0 Å². The Morgan fingerprint density at radius 3 is 2.61 bits per heavy atom. The molecule has 0 saturated heterocycles. The molecule has 2 rings (SSSR count). The van der Waals surface area contributed by atoms with Crippen LogP contribution in [-0.4, -0.2) is 27.7 Å². The molecule has 1 aliphatic carbocycles. The fourth-order valence-electron chi connectivity index (χ4n) is 1.69. The van der Waals surface area contributed by atoms with Crippen molar-refractivity contribution in [2.45, 2.75) is 45.6 Å². The molecule has 0 aliphatic heterocycles. The second-order valence-corrected chi connectivity index (χ2v) is 5.41. The van der Waals surface area contributed by atoms with Gasteiger partial charge in [0.25, 0.3) is 0 Å². The molecule has 1 aliphatic rings. The third kappa shape index (κ3) is 2.90. The van der Waals surface area contributed by atoms with Crippen LogP contribution in [0, 0.1) is 12.8 Å². The lowest BCUT2D eigenvalue weighted by Gasteiger charge is -2.17. The van der Waals surface area contributed by atoms with E-state index in [1.165, 1.54) is 0 Å². The first kappa shape index (κ1) is 13.1. The van der Waals surface area contributed by atoms with E-state index in [-0.39, 0.29) is 12.0 Å². The van der Waals surface area contributed by atoms with Crippen molar-refractivity contribution >= 4 is 11.6 Å². The van der Waals surface area contributed by atoms with E-state index in [2.05, 4.69) is 15.3 Å². The third-order valence-electron chi connectivity index (χ3n) is 3.39. The van der Waals surface area contributed by atoms with Gasteiger partial charge in [-0.3, -0.25) is 0 Å². The van der Waals surface area contributed by atoms with Gasteiger partial charge in [-0.05, 0) is 25.7 Å². The van der Waals surface area contributed by atoms with Crippen molar-refractivity contribution < 1.29 is 5.11 Å². The van der Waals surface area contributed by atoms with Gasteiger partial charge in [0.05, 0.1) is 6.10 Å². The van der Waals surface area contributed by atoms with Gasteiger partial charge in [-0.25, -0.2) is 9.97 Å². The first-order valence-electron chi connectivity index (χ1n) is 6.55. The highest BCUT2D eigenvalue weighted by atomic mass is 16.3. The van der Waals surface area contributed by atoms with E-state index in [1.54, 1.807) is 0 Å². The lowest BCUT2D eigenvalue weighted by Crippen LogP contribution is -2.25. The van der Waals surface area contributed by atoms with Crippen LogP contribution >= 0.6 is 0 Å². The molecule has 1 atom stereocenters. The summed E-state index contributed by atoms with van der Waals surface area (Å²) in [7, 11) is 0. The number of hydrogen-bond acceptors (Lipinski definition) is 5. The van der Waals surface area contributed by atoms with Crippen molar-refractivity contribution in [3.05, 3.63) is 11.4 Å². The minimum atomic E-state index is -0.384. The molecule has 0 amide bonds. The number of aromatic nitrogens is 2. The molecule has 5 heteroatoms. The van der Waals surface area contributed by atoms with Gasteiger partial charge in [0.1, 0.15) is 17.5 Å². The largest absolute Gasteiger partial charge is 0.391 e. The van der Waals surface area contributed by atoms with Crippen LogP contribution in [0.25, 0.3) is 0 Å². The monoisotopic (exact) mass is 250 g/mol. The second kappa shape index (κ2) is 5.10. The second-order valence-electron chi connectivity index (χ2n) is 5.41. The zero-order valence-corrected chi connectivity index (χ0v) is 11.3. The normalized spacial score (nSPS) is 16.9. The maximum atomic E-state index is 9.80. The Labute approximate surface area is 108 Å². The molecule has 0 aromatic carbocycles. The number of rotatable bonds is 5. The molecule has 0 spiro atoms. The standard InChI is InChI=1S/C13H22N4O/c1-7(2)10(18)6-15-12-8(3)11(14)16-13(17-12)9-4-5-9/h7,9-10,18H,4-6H2,1-3H3,(H3,14,15,16,17). The topological polar surface area (TPSA) is 84.1 Å². The van der Waals surface area contributed by atoms with Crippen LogP contribution in [0.1, 0.15) is 44.0 Å². The van der Waals surface area contributed by atoms with Crippen LogP contribution in [0.3, 0.4) is 0 Å². The number of nitrogen functional groups attached to an aromatic ring is 1. The Morgan fingerprint density at radius 2 is 2.06 bits per heavy atom. The van der Waals surface area contributed by atoms with Crippen molar-refractivity contribution in [3.63, 3.8) is 0 Å². The van der Waals surface area contributed by atoms with Gasteiger partial charge in [-0.2, -0.15) is 0 Å². The quantitative estimate of drug-likeness (QED) is 0.740. The number of nitrogens with two attached hydrogens (primary N) is 1. The lowest BCUT2D eigenvalue weighted by molar-refractivity contribution is 0.138. The number of nitrogens with zero attached hydrogens (tertiary/aromatic N) is 2. The molecule has 0 bridgehead atoms. The van der Waals surface area contributed by atoms with Crippen molar-refractivity contribution in [2.24, 2.45) is 5.92 Å². The first-order valence-corrected chi connectivity index (χ1v) is 6.55. The molecule has 100 valence electrons. The Hall–Kier alpha value is -1.36. The fourth-order valence-corrected chi connectivity index (χ4v) is 1.69. The van der Waals surface area contributed by atoms with Crippen LogP contribution in [0.15, 0.2) is 0 Å². The summed E-state index contributed by atoms with van der Waals surface area (Å²) in [5.74, 6) is 2.82. The SMILES string of the molecule is Cc1c(N)nc(C2CC2)nc1NCC(O)C(C)C. The average Bonchev–Trinajstić information content (AvgIpc) is 3.14. The molecule has 1 aromatic heterocycles. The molecule has 1 unspecified atom stereocenters. The molecule has 0 radical (unpaired) electrons. The molecular weight excluding hydrogens is 228 g/mol. The molecule has 1 aromatic rings. The summed E-state index contributed by atoms with van der Waals surface area (Å²) in [6.07, 6.45) is 1.91. The van der Waals surface area contributed by atoms with E-state index in [0.29, 0.717) is 18.3 Å². The summed E-state index contributed by atoms with van der Waals surface area (Å²) >= 11 is 0. The van der Waals surface area contributed by atoms with Gasteiger partial charge >= 0.3 is 0 Å². The smallest absolute Gasteiger partial charge is 0.136 e. The van der Waals surface area contributed by atoms with Crippen LogP contribution in [0.2, 0.25) is 0 Å². The van der Waals surface area contributed by atoms with Gasteiger partial charge in [0.2, 0.25) is 0 Å². The van der Waals surface area contributed by atoms with Crippen molar-refractivity contribution in [1.82, 2.24) is 9.97 Å². The fraction of sp³-hybridized carbons (Fsp3) is 0.692. The van der Waals surface area contributed by atoms with Gasteiger partial charge < -0.3 is 16.2 Å². The van der Waals surface area contributed by atoms with E-state index in [9.17, 15) is 5.11 Å². The van der Waals surface area contributed by atoms with E-state index in [1.807, 2.05) is 20.8 Å². The summed E-state index contributed by atoms with van der Waals surface area (Å²) < 4.78 is 0. The summed E-state index contributed by atoms with van der Waals surface area (Å²) in [4.78, 5) is 8.83. The van der Waals surface area contributed by atoms with Crippen molar-refractivity contribution in [2.75, 3.05) is 17.6 Å². The minimum absolute atomic E-state index is 0.222. The van der Waals surface area contributed by atoms with Crippen LogP contribution in [0.4, 0.5) is 11.6 Å². The number of anilines is 2. The third-order valence-corrected chi connectivity index (χ3v) is 3.39. The van der Waals surface area contributed by atoms with Gasteiger partial charge in [0, 0.05) is 18.0 Å². The maximum absolute atomic E-state index is 9.80. The van der Waals surface area contributed by atoms with Crippen LogP contribution < -0.4 is 11.1 Å². The summed E-state index contributed by atoms with van der Waals surface area (Å²) in [6, 6.07) is 0. The van der Waals surface area contributed by atoms with Crippen LogP contribution in [0.5, 0.6) is 0 Å². The number of nitrogens with one attached hydrogen (secondary N) is 1. The maximum Gasteiger partial charge on any atom is 0.136 e. The summed E-state index contributed by atoms with van der Waals surface area (Å²) in [6.45, 7) is 6.36. The Bertz CT molecular complexity index is 429. The molecule has 1 fully saturated rings. The van der Waals surface area contributed by atoms with Gasteiger partial charge in [0.15, 0.2) is 0 Å². The minimum Gasteiger partial charge on any atom is -0.391 e. The molecule has 1 heterocycles. The number of hydrogen-bond donors (Lipinski definition) is 3. The summed E-state index contributed by atoms with van der Waals surface area (Å²) in [5.41, 5.74) is 6.76. The summed E-state index contributed by atoms with van der Waals surface area (Å²) in [5, 5.41) is 13.0. The Kier molecular flexibility index (Phi) is 3.71. The molecule has 5 nitrogen and oxygen atoms in total. The zero-order chi connectivity index (χ0) is 13.3. The van der Waals surface area contributed by atoms with Gasteiger partial charge in [-0.15, -0.1) is 0 Å². The average molecular weight is 250 g/mol. The Balaban J connectivity index is 2.11. The zero-order valence-electron chi connectivity index (χ0n) is 11.3. The predicted octanol–water partition coefficient (Wildman–Crippen LogP) is 1.67. The van der Waals surface area contributed by atoms with Crippen molar-refractivity contribution in [3.8, 4) is 0 Å². The van der Waals surface area contributed by atoms with E-state index >= 15 is 0 Å². The highest BCUT2D eigenvalue weighted by Crippen LogP contribution is 2.39. The molecule has 4 N–H and O–H groups in total. The van der Waals surface area contributed by atoms with Crippen molar-refractivity contribution in [1.29, 1.82) is 0 Å². The number of aliphatic hydroxyl groups is 1. The predicted molar refractivity (Wildman–Crippen MR) is 72.5 cm³/mol. The highest BCUT2D eigenvalue weighted by molar-refractivity contribution is 5.55.